The second-order valence-electron chi connectivity index (χ2n) is 6.20. The lowest BCUT2D eigenvalue weighted by Crippen LogP contribution is -2.44. The molecule has 5 nitrogen and oxygen atoms in total. The lowest BCUT2D eigenvalue weighted by molar-refractivity contribution is -0.133. The Labute approximate surface area is 138 Å². The Balaban J connectivity index is 2.11. The largest absolute Gasteiger partial charge is 0.447 e. The average Bonchev–Trinajstić information content (AvgIpc) is 2.68. The van der Waals surface area contributed by atoms with E-state index in [-0.39, 0.29) is 24.1 Å². The van der Waals surface area contributed by atoms with Crippen molar-refractivity contribution in [2.45, 2.75) is 52.3 Å². The molecule has 5 heteroatoms. The highest BCUT2D eigenvalue weighted by Gasteiger charge is 2.31. The van der Waals surface area contributed by atoms with Crippen LogP contribution < -0.4 is 0 Å². The highest BCUT2D eigenvalue weighted by Crippen LogP contribution is 2.18. The van der Waals surface area contributed by atoms with E-state index in [1.807, 2.05) is 56.0 Å². The highest BCUT2D eigenvalue weighted by atomic mass is 16.6. The number of benzene rings is 1. The van der Waals surface area contributed by atoms with Gasteiger partial charge in [-0.25, -0.2) is 4.79 Å². The molecule has 2 amide bonds. The number of nitrogens with zero attached hydrogens (tertiary/aromatic N) is 2. The van der Waals surface area contributed by atoms with Gasteiger partial charge in [0.1, 0.15) is 0 Å². The third-order valence-electron chi connectivity index (χ3n) is 4.05. The minimum atomic E-state index is -0.326. The van der Waals surface area contributed by atoms with E-state index in [1.54, 1.807) is 4.90 Å². The molecule has 1 fully saturated rings. The van der Waals surface area contributed by atoms with Crippen molar-refractivity contribution >= 4 is 12.0 Å². The molecule has 0 spiro atoms. The van der Waals surface area contributed by atoms with Crippen molar-refractivity contribution in [2.75, 3.05) is 13.1 Å². The zero-order chi connectivity index (χ0) is 16.8. The molecule has 2 rings (SSSR count). The number of ether oxygens (including phenoxy) is 1. The molecule has 1 aliphatic heterocycles. The molecule has 0 N–H and O–H groups in total. The van der Waals surface area contributed by atoms with Gasteiger partial charge in [-0.1, -0.05) is 37.3 Å². The Morgan fingerprint density at radius 1 is 1.30 bits per heavy atom. The summed E-state index contributed by atoms with van der Waals surface area (Å²) in [4.78, 5) is 28.3. The van der Waals surface area contributed by atoms with Gasteiger partial charge in [0.05, 0.1) is 6.10 Å². The van der Waals surface area contributed by atoms with Gasteiger partial charge < -0.3 is 14.5 Å². The number of carbonyl (C=O) groups is 2. The van der Waals surface area contributed by atoms with Crippen molar-refractivity contribution in [2.24, 2.45) is 0 Å². The summed E-state index contributed by atoms with van der Waals surface area (Å²) in [6.07, 6.45) is 0.676. The van der Waals surface area contributed by atoms with E-state index in [2.05, 4.69) is 0 Å². The van der Waals surface area contributed by atoms with E-state index >= 15 is 0 Å². The van der Waals surface area contributed by atoms with Gasteiger partial charge >= 0.3 is 6.09 Å². The van der Waals surface area contributed by atoms with Gasteiger partial charge in [0.15, 0.2) is 0 Å². The predicted molar refractivity (Wildman–Crippen MR) is 88.9 cm³/mol. The van der Waals surface area contributed by atoms with E-state index < -0.39 is 0 Å². The lowest BCUT2D eigenvalue weighted by Gasteiger charge is -2.31. The molecule has 0 unspecified atom stereocenters. The molecule has 1 aromatic rings. The van der Waals surface area contributed by atoms with E-state index in [0.29, 0.717) is 26.1 Å². The number of amides is 2. The van der Waals surface area contributed by atoms with Crippen molar-refractivity contribution < 1.29 is 14.3 Å². The van der Waals surface area contributed by atoms with Crippen LogP contribution in [0.25, 0.3) is 0 Å². The molecule has 0 bridgehead atoms. The summed E-state index contributed by atoms with van der Waals surface area (Å²) in [7, 11) is 0. The summed E-state index contributed by atoms with van der Waals surface area (Å²) < 4.78 is 5.28. The van der Waals surface area contributed by atoms with Crippen LogP contribution in [-0.2, 0) is 16.1 Å². The zero-order valence-electron chi connectivity index (χ0n) is 14.2. The standard InChI is InChI=1S/C18H26N2O3/c1-4-16-13-19(18(22)23-14(2)3)11-10-17(21)20(16)12-15-8-6-5-7-9-15/h5-9,14,16H,4,10-13H2,1-3H3/t16-/m1/s1. The minimum Gasteiger partial charge on any atom is -0.447 e. The Morgan fingerprint density at radius 3 is 2.61 bits per heavy atom. The van der Waals surface area contributed by atoms with Crippen LogP contribution >= 0.6 is 0 Å². The van der Waals surface area contributed by atoms with Gasteiger partial charge in [0.25, 0.3) is 0 Å². The second kappa shape index (κ2) is 7.99. The van der Waals surface area contributed by atoms with Gasteiger partial charge in [0.2, 0.25) is 5.91 Å². The van der Waals surface area contributed by atoms with Crippen LogP contribution in [0.4, 0.5) is 4.79 Å². The van der Waals surface area contributed by atoms with Crippen LogP contribution in [0, 0.1) is 0 Å². The zero-order valence-corrected chi connectivity index (χ0v) is 14.2. The summed E-state index contributed by atoms with van der Waals surface area (Å²) in [6, 6.07) is 9.99. The van der Waals surface area contributed by atoms with Gasteiger partial charge in [-0.3, -0.25) is 4.79 Å². The fourth-order valence-electron chi connectivity index (χ4n) is 2.81. The van der Waals surface area contributed by atoms with E-state index in [9.17, 15) is 9.59 Å². The first kappa shape index (κ1) is 17.3. The Bertz CT molecular complexity index is 530. The molecule has 1 saturated heterocycles. The normalized spacial score (nSPS) is 19.0. The summed E-state index contributed by atoms with van der Waals surface area (Å²) >= 11 is 0. The van der Waals surface area contributed by atoms with Crippen molar-refractivity contribution in [1.82, 2.24) is 9.80 Å². The second-order valence-corrected chi connectivity index (χ2v) is 6.20. The molecule has 0 saturated carbocycles. The molecule has 1 heterocycles. The van der Waals surface area contributed by atoms with Crippen LogP contribution in [0.5, 0.6) is 0 Å². The summed E-state index contributed by atoms with van der Waals surface area (Å²) in [6.45, 7) is 7.26. The van der Waals surface area contributed by atoms with Crippen molar-refractivity contribution in [3.8, 4) is 0 Å². The highest BCUT2D eigenvalue weighted by molar-refractivity contribution is 5.78. The molecule has 1 atom stereocenters. The van der Waals surface area contributed by atoms with Crippen molar-refractivity contribution in [3.63, 3.8) is 0 Å². The van der Waals surface area contributed by atoms with Gasteiger partial charge in [-0.2, -0.15) is 0 Å². The first-order valence-corrected chi connectivity index (χ1v) is 8.30. The number of rotatable bonds is 4. The fourth-order valence-corrected chi connectivity index (χ4v) is 2.81. The third-order valence-corrected chi connectivity index (χ3v) is 4.05. The third kappa shape index (κ3) is 4.71. The molecular weight excluding hydrogens is 292 g/mol. The maximum absolute atomic E-state index is 12.5. The van der Waals surface area contributed by atoms with Gasteiger partial charge in [0, 0.05) is 32.1 Å². The summed E-state index contributed by atoms with van der Waals surface area (Å²) in [5, 5.41) is 0. The maximum Gasteiger partial charge on any atom is 0.410 e. The molecule has 23 heavy (non-hydrogen) atoms. The van der Waals surface area contributed by atoms with Crippen molar-refractivity contribution in [1.29, 1.82) is 0 Å². The lowest BCUT2D eigenvalue weighted by atomic mass is 10.1. The maximum atomic E-state index is 12.5. The van der Waals surface area contributed by atoms with E-state index in [1.165, 1.54) is 0 Å². The Kier molecular flexibility index (Phi) is 6.02. The molecule has 0 aromatic heterocycles. The first-order valence-electron chi connectivity index (χ1n) is 8.30. The number of hydrogen-bond donors (Lipinski definition) is 0. The average molecular weight is 318 g/mol. The first-order chi connectivity index (χ1) is 11.0. The van der Waals surface area contributed by atoms with Crippen LogP contribution in [0.3, 0.4) is 0 Å². The van der Waals surface area contributed by atoms with Crippen LogP contribution in [0.1, 0.15) is 39.2 Å². The molecule has 1 aromatic carbocycles. The van der Waals surface area contributed by atoms with Crippen molar-refractivity contribution in [3.05, 3.63) is 35.9 Å². The van der Waals surface area contributed by atoms with Gasteiger partial charge in [-0.15, -0.1) is 0 Å². The molecule has 126 valence electrons. The Hall–Kier alpha value is -2.04. The molecular formula is C18H26N2O3. The summed E-state index contributed by atoms with van der Waals surface area (Å²) in [5.74, 6) is 0.0977. The number of carbonyl (C=O) groups excluding carboxylic acids is 2. The van der Waals surface area contributed by atoms with E-state index in [4.69, 9.17) is 4.74 Å². The molecule has 0 aliphatic carbocycles. The minimum absolute atomic E-state index is 0.0184. The fraction of sp³-hybridized carbons (Fsp3) is 0.556. The molecule has 1 aliphatic rings. The summed E-state index contributed by atoms with van der Waals surface area (Å²) in [5.41, 5.74) is 1.11. The SMILES string of the molecule is CC[C@@H]1CN(C(=O)OC(C)C)CCC(=O)N1Cc1ccccc1. The van der Waals surface area contributed by atoms with Crippen LogP contribution in [0.2, 0.25) is 0 Å². The monoisotopic (exact) mass is 318 g/mol. The number of hydrogen-bond acceptors (Lipinski definition) is 3. The van der Waals surface area contributed by atoms with E-state index in [0.717, 1.165) is 12.0 Å². The van der Waals surface area contributed by atoms with Gasteiger partial charge in [-0.05, 0) is 25.8 Å². The topological polar surface area (TPSA) is 49.9 Å². The predicted octanol–water partition coefficient (Wildman–Crippen LogP) is 3.04. The smallest absolute Gasteiger partial charge is 0.410 e. The van der Waals surface area contributed by atoms with Crippen LogP contribution in [-0.4, -0.2) is 47.0 Å². The quantitative estimate of drug-likeness (QED) is 0.857. The van der Waals surface area contributed by atoms with Crippen LogP contribution in [0.15, 0.2) is 30.3 Å². The molecule has 0 radical (unpaired) electrons. The Morgan fingerprint density at radius 2 is 2.00 bits per heavy atom.